The highest BCUT2D eigenvalue weighted by molar-refractivity contribution is 6.38. The molecular formula is C23H37ClN4O5. The van der Waals surface area contributed by atoms with E-state index in [4.69, 9.17) is 9.47 Å². The number of amidine groups is 1. The fraction of sp³-hybridized carbons (Fsp3) is 0.826. The van der Waals surface area contributed by atoms with Crippen molar-refractivity contribution in [3.63, 3.8) is 0 Å². The van der Waals surface area contributed by atoms with Gasteiger partial charge in [-0.25, -0.2) is 5.43 Å². The van der Waals surface area contributed by atoms with Crippen molar-refractivity contribution in [3.05, 3.63) is 0 Å². The lowest BCUT2D eigenvalue weighted by atomic mass is 9.85. The Morgan fingerprint density at radius 3 is 2.36 bits per heavy atom. The van der Waals surface area contributed by atoms with E-state index in [9.17, 15) is 14.4 Å². The van der Waals surface area contributed by atoms with Crippen molar-refractivity contribution < 1.29 is 23.9 Å². The Kier molecular flexibility index (Phi) is 8.98. The van der Waals surface area contributed by atoms with Gasteiger partial charge in [-0.15, -0.1) is 17.5 Å². The van der Waals surface area contributed by atoms with Gasteiger partial charge in [0.05, 0.1) is 5.54 Å². The summed E-state index contributed by atoms with van der Waals surface area (Å²) in [6.07, 6.45) is 10.5. The molecule has 4 rings (SSSR count). The van der Waals surface area contributed by atoms with Gasteiger partial charge in [-0.2, -0.15) is 0 Å². The molecule has 1 atom stereocenters. The summed E-state index contributed by atoms with van der Waals surface area (Å²) in [6.45, 7) is 1.60. The Bertz CT molecular complexity index is 743. The van der Waals surface area contributed by atoms with Crippen LogP contribution in [0.1, 0.15) is 70.6 Å². The third-order valence-electron chi connectivity index (χ3n) is 7.77. The van der Waals surface area contributed by atoms with Crippen LogP contribution in [0.4, 0.5) is 0 Å². The van der Waals surface area contributed by atoms with Crippen molar-refractivity contribution in [2.45, 2.75) is 82.2 Å². The zero-order chi connectivity index (χ0) is 22.6. The van der Waals surface area contributed by atoms with E-state index < -0.39 is 17.7 Å². The molecule has 0 aromatic carbocycles. The molecule has 9 nitrogen and oxygen atoms in total. The lowest BCUT2D eigenvalue weighted by molar-refractivity contribution is -0.142. The average molecular weight is 485 g/mol. The molecular weight excluding hydrogens is 448 g/mol. The molecule has 0 aromatic rings. The van der Waals surface area contributed by atoms with Crippen LogP contribution in [0.25, 0.3) is 0 Å². The first-order valence-corrected chi connectivity index (χ1v) is 12.2. The molecule has 2 aliphatic heterocycles. The Labute approximate surface area is 201 Å². The van der Waals surface area contributed by atoms with Gasteiger partial charge in [0.25, 0.3) is 0 Å². The van der Waals surface area contributed by atoms with Gasteiger partial charge in [0, 0.05) is 26.2 Å². The van der Waals surface area contributed by atoms with E-state index in [1.54, 1.807) is 0 Å². The van der Waals surface area contributed by atoms with E-state index in [1.807, 2.05) is 11.9 Å². The molecule has 2 heterocycles. The largest absolute Gasteiger partial charge is 0.461 e. The van der Waals surface area contributed by atoms with Crippen molar-refractivity contribution >= 4 is 36.0 Å². The molecule has 0 bridgehead atoms. The van der Waals surface area contributed by atoms with E-state index in [-0.39, 0.29) is 35.7 Å². The van der Waals surface area contributed by atoms with Gasteiger partial charge in [-0.1, -0.05) is 32.1 Å². The molecule has 0 radical (unpaired) electrons. The topological polar surface area (TPSA) is 109 Å². The van der Waals surface area contributed by atoms with Gasteiger partial charge in [-0.3, -0.25) is 14.4 Å². The van der Waals surface area contributed by atoms with Crippen molar-refractivity contribution in [2.24, 2.45) is 16.9 Å². The molecule has 33 heavy (non-hydrogen) atoms. The number of carbonyl (C=O) groups excluding carboxylic acids is 3. The first-order chi connectivity index (χ1) is 15.5. The van der Waals surface area contributed by atoms with Crippen LogP contribution in [0.5, 0.6) is 0 Å². The number of rotatable bonds is 6. The van der Waals surface area contributed by atoms with Gasteiger partial charge in [0.15, 0.2) is 0 Å². The van der Waals surface area contributed by atoms with Gasteiger partial charge < -0.3 is 19.7 Å². The summed E-state index contributed by atoms with van der Waals surface area (Å²) in [5.41, 5.74) is 2.33. The van der Waals surface area contributed by atoms with E-state index in [2.05, 4.69) is 15.8 Å². The number of halogens is 1. The summed E-state index contributed by atoms with van der Waals surface area (Å²) in [5, 5.41) is 7.02. The number of ketones is 1. The number of amides is 2. The van der Waals surface area contributed by atoms with Crippen LogP contribution in [-0.2, 0) is 23.9 Å². The Balaban J connectivity index is 0.00000306. The standard InChI is InChI=1S/C23H36N4O5.ClH/c1-27-22(32-15-23(27)11-5-6-12-23)26-25-21(30)19(28)18(16-9-13-31-14-10-16)24-20(29)17-7-3-2-4-8-17;/h16-18H,2-15H2,1H3,(H,24,29)(H,25,30);1H/b26-22-;. The number of nitrogens with zero attached hydrogens (tertiary/aromatic N) is 2. The van der Waals surface area contributed by atoms with Crippen molar-refractivity contribution in [2.75, 3.05) is 26.9 Å². The number of nitrogens with one attached hydrogen (secondary N) is 2. The number of likely N-dealkylation sites (N-methyl/N-ethyl adjacent to an activating group) is 1. The second kappa shape index (κ2) is 11.5. The summed E-state index contributed by atoms with van der Waals surface area (Å²) in [6, 6.07) is -0.515. The summed E-state index contributed by atoms with van der Waals surface area (Å²) in [4.78, 5) is 40.7. The Morgan fingerprint density at radius 1 is 1.03 bits per heavy atom. The second-order valence-electron chi connectivity index (χ2n) is 9.75. The molecule has 1 unspecified atom stereocenters. The number of hydrazone groups is 1. The molecule has 4 fully saturated rings. The van der Waals surface area contributed by atoms with Gasteiger partial charge in [0.2, 0.25) is 11.7 Å². The number of hydrogen-bond donors (Lipinski definition) is 2. The Hall–Kier alpha value is -1.87. The van der Waals surface area contributed by atoms with Crippen molar-refractivity contribution in [3.8, 4) is 0 Å². The van der Waals surface area contributed by atoms with Crippen LogP contribution in [0.15, 0.2) is 5.10 Å². The third kappa shape index (κ3) is 5.80. The van der Waals surface area contributed by atoms with E-state index >= 15 is 0 Å². The number of hydrogen-bond acceptors (Lipinski definition) is 6. The van der Waals surface area contributed by atoms with E-state index in [0.29, 0.717) is 38.7 Å². The monoisotopic (exact) mass is 484 g/mol. The molecule has 2 saturated carbocycles. The molecule has 2 saturated heterocycles. The van der Waals surface area contributed by atoms with Gasteiger partial charge >= 0.3 is 11.9 Å². The lowest BCUT2D eigenvalue weighted by Gasteiger charge is -2.31. The van der Waals surface area contributed by atoms with Crippen LogP contribution >= 0.6 is 12.4 Å². The van der Waals surface area contributed by atoms with Gasteiger partial charge in [-0.05, 0) is 44.4 Å². The van der Waals surface area contributed by atoms with Crippen LogP contribution in [0.3, 0.4) is 0 Å². The van der Waals surface area contributed by atoms with Crippen molar-refractivity contribution in [1.82, 2.24) is 15.6 Å². The number of ether oxygens (including phenoxy) is 2. The first kappa shape index (κ1) is 25.7. The zero-order valence-corrected chi connectivity index (χ0v) is 20.3. The fourth-order valence-electron chi connectivity index (χ4n) is 5.59. The van der Waals surface area contributed by atoms with E-state index in [0.717, 1.165) is 57.8 Å². The maximum Gasteiger partial charge on any atom is 0.309 e. The van der Waals surface area contributed by atoms with E-state index in [1.165, 1.54) is 0 Å². The molecule has 186 valence electrons. The minimum atomic E-state index is -0.850. The highest BCUT2D eigenvalue weighted by Crippen LogP contribution is 2.38. The van der Waals surface area contributed by atoms with Crippen LogP contribution in [0.2, 0.25) is 0 Å². The number of Topliss-reactive ketones (excluding diaryl/α,β-unsaturated/α-hetero) is 1. The first-order valence-electron chi connectivity index (χ1n) is 12.2. The maximum atomic E-state index is 13.1. The molecule has 2 amide bonds. The second-order valence-corrected chi connectivity index (χ2v) is 9.75. The normalized spacial score (nSPS) is 25.4. The van der Waals surface area contributed by atoms with Crippen LogP contribution in [0, 0.1) is 11.8 Å². The summed E-state index contributed by atoms with van der Waals surface area (Å²) in [7, 11) is 1.92. The maximum absolute atomic E-state index is 13.1. The fourth-order valence-corrected chi connectivity index (χ4v) is 5.59. The minimum Gasteiger partial charge on any atom is -0.461 e. The smallest absolute Gasteiger partial charge is 0.309 e. The summed E-state index contributed by atoms with van der Waals surface area (Å²) in [5.74, 6) is -1.78. The van der Waals surface area contributed by atoms with Crippen molar-refractivity contribution in [1.29, 1.82) is 0 Å². The molecule has 10 heteroatoms. The summed E-state index contributed by atoms with van der Waals surface area (Å²) < 4.78 is 11.1. The third-order valence-corrected chi connectivity index (χ3v) is 7.77. The quantitative estimate of drug-likeness (QED) is 0.441. The molecule has 2 aliphatic carbocycles. The molecule has 4 aliphatic rings. The average Bonchev–Trinajstić information content (AvgIpc) is 3.44. The lowest BCUT2D eigenvalue weighted by Crippen LogP contribution is -2.53. The highest BCUT2D eigenvalue weighted by Gasteiger charge is 2.46. The predicted octanol–water partition coefficient (Wildman–Crippen LogP) is 2.13. The van der Waals surface area contributed by atoms with Crippen LogP contribution in [-0.4, -0.2) is 67.0 Å². The molecule has 0 aromatic heterocycles. The highest BCUT2D eigenvalue weighted by atomic mass is 35.5. The Morgan fingerprint density at radius 2 is 1.70 bits per heavy atom. The minimum absolute atomic E-state index is 0. The molecule has 2 N–H and O–H groups in total. The number of carbonyl (C=O) groups is 3. The zero-order valence-electron chi connectivity index (χ0n) is 19.5. The summed E-state index contributed by atoms with van der Waals surface area (Å²) >= 11 is 0. The predicted molar refractivity (Wildman–Crippen MR) is 125 cm³/mol. The molecule has 1 spiro atoms. The SMILES string of the molecule is CN1/C(=N/NC(=O)C(=O)C(NC(=O)C2CCCCC2)C2CCOCC2)OCC12CCCC2.Cl. The van der Waals surface area contributed by atoms with Crippen LogP contribution < -0.4 is 10.7 Å². The van der Waals surface area contributed by atoms with Gasteiger partial charge in [0.1, 0.15) is 12.6 Å².